The fraction of sp³-hybridized carbons (Fsp3) is 0.364. The SMILES string of the molecule is Cc1ccc(S(=O)(=O)NC(=O)NC(CO)CO)cc1. The van der Waals surface area contributed by atoms with Crippen molar-refractivity contribution in [3.05, 3.63) is 29.8 Å². The summed E-state index contributed by atoms with van der Waals surface area (Å²) in [5.74, 6) is 0. The predicted molar refractivity (Wildman–Crippen MR) is 68.0 cm³/mol. The summed E-state index contributed by atoms with van der Waals surface area (Å²) in [6, 6.07) is 4.05. The molecule has 2 amide bonds. The van der Waals surface area contributed by atoms with Crippen LogP contribution in [0.3, 0.4) is 0 Å². The number of rotatable bonds is 5. The van der Waals surface area contributed by atoms with Crippen LogP contribution in [-0.2, 0) is 10.0 Å². The molecule has 0 unspecified atom stereocenters. The fourth-order valence-electron chi connectivity index (χ4n) is 1.26. The second kappa shape index (κ2) is 6.50. The second-order valence-corrected chi connectivity index (χ2v) is 5.64. The molecule has 1 aromatic carbocycles. The van der Waals surface area contributed by atoms with Crippen molar-refractivity contribution in [3.8, 4) is 0 Å². The van der Waals surface area contributed by atoms with Crippen molar-refractivity contribution >= 4 is 16.1 Å². The van der Waals surface area contributed by atoms with Gasteiger partial charge in [0.15, 0.2) is 0 Å². The number of nitrogens with one attached hydrogen (secondary N) is 2. The Hall–Kier alpha value is -1.64. The van der Waals surface area contributed by atoms with Crippen LogP contribution in [-0.4, -0.2) is 43.9 Å². The molecule has 19 heavy (non-hydrogen) atoms. The number of aliphatic hydroxyl groups excluding tert-OH is 2. The van der Waals surface area contributed by atoms with Crippen molar-refractivity contribution in [3.63, 3.8) is 0 Å². The first-order chi connectivity index (χ1) is 8.89. The maximum Gasteiger partial charge on any atom is 0.329 e. The first kappa shape index (κ1) is 15.4. The van der Waals surface area contributed by atoms with Gasteiger partial charge in [-0.25, -0.2) is 17.9 Å². The number of amides is 2. The van der Waals surface area contributed by atoms with Crippen molar-refractivity contribution < 1.29 is 23.4 Å². The number of urea groups is 1. The van der Waals surface area contributed by atoms with Crippen molar-refractivity contribution in [2.45, 2.75) is 17.9 Å². The van der Waals surface area contributed by atoms with Crippen molar-refractivity contribution in [1.82, 2.24) is 10.0 Å². The highest BCUT2D eigenvalue weighted by atomic mass is 32.2. The molecule has 0 aliphatic rings. The topological polar surface area (TPSA) is 116 Å². The lowest BCUT2D eigenvalue weighted by atomic mass is 10.2. The van der Waals surface area contributed by atoms with Crippen LogP contribution in [0.2, 0.25) is 0 Å². The van der Waals surface area contributed by atoms with Crippen LogP contribution < -0.4 is 10.0 Å². The Bertz CT molecular complexity index is 523. The third-order valence-corrected chi connectivity index (χ3v) is 3.68. The third-order valence-electron chi connectivity index (χ3n) is 2.33. The Morgan fingerprint density at radius 1 is 1.21 bits per heavy atom. The summed E-state index contributed by atoms with van der Waals surface area (Å²) >= 11 is 0. The monoisotopic (exact) mass is 288 g/mol. The minimum Gasteiger partial charge on any atom is -0.394 e. The molecule has 0 bridgehead atoms. The van der Waals surface area contributed by atoms with E-state index in [2.05, 4.69) is 5.32 Å². The molecule has 7 nitrogen and oxygen atoms in total. The lowest BCUT2D eigenvalue weighted by Crippen LogP contribution is -2.47. The number of hydrogen-bond donors (Lipinski definition) is 4. The summed E-state index contributed by atoms with van der Waals surface area (Å²) in [6.07, 6.45) is 0. The maximum atomic E-state index is 11.8. The molecule has 106 valence electrons. The highest BCUT2D eigenvalue weighted by molar-refractivity contribution is 7.90. The standard InChI is InChI=1S/C11H16N2O5S/c1-8-2-4-10(5-3-8)19(17,18)13-11(16)12-9(6-14)7-15/h2-5,9,14-15H,6-7H2,1H3,(H2,12,13,16). The van der Waals surface area contributed by atoms with Crippen LogP contribution >= 0.6 is 0 Å². The van der Waals surface area contributed by atoms with E-state index in [1.54, 1.807) is 16.9 Å². The van der Waals surface area contributed by atoms with E-state index in [0.717, 1.165) is 5.56 Å². The van der Waals surface area contributed by atoms with Crippen LogP contribution in [0.5, 0.6) is 0 Å². The molecule has 0 aliphatic carbocycles. The van der Waals surface area contributed by atoms with E-state index in [9.17, 15) is 13.2 Å². The third kappa shape index (κ3) is 4.51. The molecule has 0 atom stereocenters. The predicted octanol–water partition coefficient (Wildman–Crippen LogP) is -0.664. The van der Waals surface area contributed by atoms with E-state index in [1.165, 1.54) is 12.1 Å². The normalized spacial score (nSPS) is 11.4. The minimum absolute atomic E-state index is 0.0437. The molecular formula is C11H16N2O5S. The van der Waals surface area contributed by atoms with Gasteiger partial charge in [0.25, 0.3) is 10.0 Å². The summed E-state index contributed by atoms with van der Waals surface area (Å²) in [6.45, 7) is 0.826. The maximum absolute atomic E-state index is 11.8. The summed E-state index contributed by atoms with van der Waals surface area (Å²) in [7, 11) is -3.96. The van der Waals surface area contributed by atoms with E-state index in [4.69, 9.17) is 10.2 Å². The number of carbonyl (C=O) groups excluding carboxylic acids is 1. The van der Waals surface area contributed by atoms with Crippen LogP contribution in [0, 0.1) is 6.92 Å². The lowest BCUT2D eigenvalue weighted by molar-refractivity contribution is 0.170. The van der Waals surface area contributed by atoms with Gasteiger partial charge in [-0.2, -0.15) is 0 Å². The van der Waals surface area contributed by atoms with Gasteiger partial charge in [-0.1, -0.05) is 17.7 Å². The summed E-state index contributed by atoms with van der Waals surface area (Å²) in [5, 5.41) is 19.7. The van der Waals surface area contributed by atoms with E-state index >= 15 is 0 Å². The van der Waals surface area contributed by atoms with Crippen LogP contribution in [0.1, 0.15) is 5.56 Å². The average molecular weight is 288 g/mol. The van der Waals surface area contributed by atoms with Gasteiger partial charge < -0.3 is 15.5 Å². The van der Waals surface area contributed by atoms with Gasteiger partial charge in [0.2, 0.25) is 0 Å². The quantitative estimate of drug-likeness (QED) is 0.574. The Morgan fingerprint density at radius 2 is 1.74 bits per heavy atom. The van der Waals surface area contributed by atoms with E-state index < -0.39 is 35.3 Å². The van der Waals surface area contributed by atoms with Gasteiger partial charge in [0.05, 0.1) is 24.2 Å². The summed E-state index contributed by atoms with van der Waals surface area (Å²) in [5.41, 5.74) is 0.893. The highest BCUT2D eigenvalue weighted by Gasteiger charge is 2.19. The molecule has 0 heterocycles. The number of aryl methyl sites for hydroxylation is 1. The minimum atomic E-state index is -3.96. The molecule has 4 N–H and O–H groups in total. The highest BCUT2D eigenvalue weighted by Crippen LogP contribution is 2.09. The van der Waals surface area contributed by atoms with Crippen LogP contribution in [0.25, 0.3) is 0 Å². The Morgan fingerprint density at radius 3 is 2.21 bits per heavy atom. The number of benzene rings is 1. The van der Waals surface area contributed by atoms with Gasteiger partial charge in [-0.05, 0) is 19.1 Å². The van der Waals surface area contributed by atoms with Crippen molar-refractivity contribution in [2.24, 2.45) is 0 Å². The smallest absolute Gasteiger partial charge is 0.329 e. The lowest BCUT2D eigenvalue weighted by Gasteiger charge is -2.14. The van der Waals surface area contributed by atoms with Gasteiger partial charge in [-0.15, -0.1) is 0 Å². The van der Waals surface area contributed by atoms with Gasteiger partial charge in [0, 0.05) is 0 Å². The van der Waals surface area contributed by atoms with Gasteiger partial charge in [0.1, 0.15) is 0 Å². The molecule has 0 fully saturated rings. The zero-order valence-electron chi connectivity index (χ0n) is 10.3. The first-order valence-electron chi connectivity index (χ1n) is 5.50. The Balaban J connectivity index is 2.74. The zero-order valence-corrected chi connectivity index (χ0v) is 11.1. The Labute approximate surface area is 111 Å². The molecule has 0 saturated carbocycles. The van der Waals surface area contributed by atoms with Crippen molar-refractivity contribution in [1.29, 1.82) is 0 Å². The number of aliphatic hydroxyl groups is 2. The van der Waals surface area contributed by atoms with Crippen LogP contribution in [0.15, 0.2) is 29.2 Å². The molecule has 0 aromatic heterocycles. The fourth-order valence-corrected chi connectivity index (χ4v) is 2.18. The number of sulfonamides is 1. The first-order valence-corrected chi connectivity index (χ1v) is 6.99. The Kier molecular flexibility index (Phi) is 5.28. The van der Waals surface area contributed by atoms with Gasteiger partial charge >= 0.3 is 6.03 Å². The van der Waals surface area contributed by atoms with E-state index in [1.807, 2.05) is 6.92 Å². The second-order valence-electron chi connectivity index (χ2n) is 3.95. The number of carbonyl (C=O) groups is 1. The van der Waals surface area contributed by atoms with Crippen LogP contribution in [0.4, 0.5) is 4.79 Å². The molecule has 0 spiro atoms. The molecule has 1 aromatic rings. The molecule has 0 aliphatic heterocycles. The van der Waals surface area contributed by atoms with E-state index in [-0.39, 0.29) is 4.90 Å². The summed E-state index contributed by atoms with van der Waals surface area (Å²) < 4.78 is 25.4. The van der Waals surface area contributed by atoms with E-state index in [0.29, 0.717) is 0 Å². The largest absolute Gasteiger partial charge is 0.394 e. The zero-order chi connectivity index (χ0) is 14.5. The molecule has 1 rings (SSSR count). The van der Waals surface area contributed by atoms with Gasteiger partial charge in [-0.3, -0.25) is 0 Å². The molecule has 0 radical (unpaired) electrons. The molecular weight excluding hydrogens is 272 g/mol. The summed E-state index contributed by atoms with van der Waals surface area (Å²) in [4.78, 5) is 11.4. The number of hydrogen-bond acceptors (Lipinski definition) is 5. The van der Waals surface area contributed by atoms with Crippen molar-refractivity contribution in [2.75, 3.05) is 13.2 Å². The molecule has 8 heteroatoms. The molecule has 0 saturated heterocycles. The average Bonchev–Trinajstić information content (AvgIpc) is 2.35.